The van der Waals surface area contributed by atoms with E-state index in [-0.39, 0.29) is 6.10 Å². The molecule has 0 saturated carbocycles. The Hall–Kier alpha value is -0.120. The van der Waals surface area contributed by atoms with E-state index in [2.05, 4.69) is 10.6 Å². The van der Waals surface area contributed by atoms with Crippen molar-refractivity contribution in [1.82, 2.24) is 10.6 Å². The molecule has 0 bridgehead atoms. The Morgan fingerprint density at radius 1 is 1.60 bits per heavy atom. The number of aliphatic hydroxyl groups is 1. The number of aliphatic hydroxyl groups excluding tert-OH is 1. The molecular formula is C7H16N2O. The van der Waals surface area contributed by atoms with Gasteiger partial charge in [0.05, 0.1) is 6.10 Å². The van der Waals surface area contributed by atoms with Gasteiger partial charge in [-0.2, -0.15) is 0 Å². The molecule has 3 N–H and O–H groups in total. The van der Waals surface area contributed by atoms with Crippen LogP contribution in [-0.2, 0) is 0 Å². The van der Waals surface area contributed by atoms with E-state index in [1.807, 2.05) is 6.92 Å². The minimum Gasteiger partial charge on any atom is -0.393 e. The topological polar surface area (TPSA) is 44.3 Å². The molecule has 1 unspecified atom stereocenters. The van der Waals surface area contributed by atoms with Crippen LogP contribution in [0.2, 0.25) is 0 Å². The monoisotopic (exact) mass is 144 g/mol. The lowest BCUT2D eigenvalue weighted by molar-refractivity contribution is 0.163. The molecule has 60 valence electrons. The van der Waals surface area contributed by atoms with Crippen LogP contribution in [0.1, 0.15) is 13.3 Å². The predicted octanol–water partition coefficient (Wildman–Crippen LogP) is -0.681. The first-order valence-electron chi connectivity index (χ1n) is 3.91. The molecule has 0 aliphatic carbocycles. The average molecular weight is 144 g/mol. The maximum absolute atomic E-state index is 9.04. The molecule has 0 aromatic heterocycles. The molecule has 0 amide bonds. The first-order chi connectivity index (χ1) is 4.79. The van der Waals surface area contributed by atoms with Gasteiger partial charge in [0.25, 0.3) is 0 Å². The van der Waals surface area contributed by atoms with Gasteiger partial charge in [0, 0.05) is 25.7 Å². The SMILES string of the molecule is C[C@@H](O)CC1CNCCN1. The number of hydrogen-bond acceptors (Lipinski definition) is 3. The van der Waals surface area contributed by atoms with Crippen molar-refractivity contribution in [2.45, 2.75) is 25.5 Å². The third kappa shape index (κ3) is 2.64. The molecule has 1 saturated heterocycles. The molecule has 1 rings (SSSR count). The summed E-state index contributed by atoms with van der Waals surface area (Å²) < 4.78 is 0. The maximum atomic E-state index is 9.04. The fourth-order valence-corrected chi connectivity index (χ4v) is 1.29. The Morgan fingerprint density at radius 2 is 2.40 bits per heavy atom. The third-order valence-electron chi connectivity index (χ3n) is 1.75. The zero-order valence-electron chi connectivity index (χ0n) is 6.43. The quantitative estimate of drug-likeness (QED) is 0.481. The molecule has 2 atom stereocenters. The third-order valence-corrected chi connectivity index (χ3v) is 1.75. The van der Waals surface area contributed by atoms with Crippen molar-refractivity contribution in [3.05, 3.63) is 0 Å². The van der Waals surface area contributed by atoms with E-state index in [1.165, 1.54) is 0 Å². The molecule has 1 heterocycles. The van der Waals surface area contributed by atoms with E-state index in [4.69, 9.17) is 5.11 Å². The predicted molar refractivity (Wildman–Crippen MR) is 41.0 cm³/mol. The number of rotatable bonds is 2. The summed E-state index contributed by atoms with van der Waals surface area (Å²) >= 11 is 0. The number of piperazine rings is 1. The van der Waals surface area contributed by atoms with Crippen molar-refractivity contribution in [2.24, 2.45) is 0 Å². The van der Waals surface area contributed by atoms with Crippen LogP contribution in [0.3, 0.4) is 0 Å². The fraction of sp³-hybridized carbons (Fsp3) is 1.00. The second kappa shape index (κ2) is 3.91. The van der Waals surface area contributed by atoms with Crippen molar-refractivity contribution in [2.75, 3.05) is 19.6 Å². The highest BCUT2D eigenvalue weighted by molar-refractivity contribution is 4.76. The molecule has 3 heteroatoms. The highest BCUT2D eigenvalue weighted by Crippen LogP contribution is 1.97. The molecule has 0 spiro atoms. The van der Waals surface area contributed by atoms with Crippen LogP contribution in [0.4, 0.5) is 0 Å². The Kier molecular flexibility index (Phi) is 3.12. The van der Waals surface area contributed by atoms with E-state index in [0.717, 1.165) is 26.1 Å². The summed E-state index contributed by atoms with van der Waals surface area (Å²) in [5, 5.41) is 15.6. The molecule has 1 fully saturated rings. The van der Waals surface area contributed by atoms with E-state index in [1.54, 1.807) is 0 Å². The lowest BCUT2D eigenvalue weighted by Crippen LogP contribution is -2.49. The van der Waals surface area contributed by atoms with Crippen molar-refractivity contribution in [3.63, 3.8) is 0 Å². The zero-order valence-corrected chi connectivity index (χ0v) is 6.43. The molecule has 0 radical (unpaired) electrons. The van der Waals surface area contributed by atoms with Crippen LogP contribution < -0.4 is 10.6 Å². The molecule has 0 aromatic rings. The summed E-state index contributed by atoms with van der Waals surface area (Å²) in [6.07, 6.45) is 0.671. The van der Waals surface area contributed by atoms with Gasteiger partial charge in [-0.15, -0.1) is 0 Å². The minimum absolute atomic E-state index is 0.183. The summed E-state index contributed by atoms with van der Waals surface area (Å²) in [4.78, 5) is 0. The Bertz CT molecular complexity index is 89.6. The van der Waals surface area contributed by atoms with E-state index in [0.29, 0.717) is 6.04 Å². The molecule has 3 nitrogen and oxygen atoms in total. The molecule has 1 aliphatic heterocycles. The van der Waals surface area contributed by atoms with Gasteiger partial charge in [0.15, 0.2) is 0 Å². The van der Waals surface area contributed by atoms with Gasteiger partial charge < -0.3 is 15.7 Å². The Labute approximate surface area is 61.8 Å². The lowest BCUT2D eigenvalue weighted by Gasteiger charge is -2.25. The van der Waals surface area contributed by atoms with Crippen LogP contribution >= 0.6 is 0 Å². The summed E-state index contributed by atoms with van der Waals surface area (Å²) in [6, 6.07) is 0.466. The average Bonchev–Trinajstić information content (AvgIpc) is 1.88. The molecule has 1 aliphatic rings. The van der Waals surface area contributed by atoms with Gasteiger partial charge in [-0.3, -0.25) is 0 Å². The molecule has 0 aromatic carbocycles. The van der Waals surface area contributed by atoms with Crippen LogP contribution in [-0.4, -0.2) is 36.9 Å². The van der Waals surface area contributed by atoms with Gasteiger partial charge in [-0.25, -0.2) is 0 Å². The van der Waals surface area contributed by atoms with Gasteiger partial charge in [0.1, 0.15) is 0 Å². The van der Waals surface area contributed by atoms with Gasteiger partial charge in [0.2, 0.25) is 0 Å². The number of nitrogens with one attached hydrogen (secondary N) is 2. The zero-order chi connectivity index (χ0) is 7.40. The van der Waals surface area contributed by atoms with Crippen LogP contribution in [0, 0.1) is 0 Å². The maximum Gasteiger partial charge on any atom is 0.0527 e. The first kappa shape index (κ1) is 7.98. The van der Waals surface area contributed by atoms with Crippen LogP contribution in [0.15, 0.2) is 0 Å². The normalized spacial score (nSPS) is 30.0. The van der Waals surface area contributed by atoms with Gasteiger partial charge >= 0.3 is 0 Å². The Morgan fingerprint density at radius 3 is 2.90 bits per heavy atom. The minimum atomic E-state index is -0.183. The first-order valence-corrected chi connectivity index (χ1v) is 3.91. The molecular weight excluding hydrogens is 128 g/mol. The van der Waals surface area contributed by atoms with E-state index >= 15 is 0 Å². The van der Waals surface area contributed by atoms with Crippen molar-refractivity contribution in [3.8, 4) is 0 Å². The summed E-state index contributed by atoms with van der Waals surface area (Å²) in [5.74, 6) is 0. The number of hydrogen-bond donors (Lipinski definition) is 3. The fourth-order valence-electron chi connectivity index (χ4n) is 1.29. The van der Waals surface area contributed by atoms with Crippen molar-refractivity contribution in [1.29, 1.82) is 0 Å². The smallest absolute Gasteiger partial charge is 0.0527 e. The standard InChI is InChI=1S/C7H16N2O/c1-6(10)4-7-5-8-2-3-9-7/h6-10H,2-5H2,1H3/t6-,7?/m1/s1. The second-order valence-electron chi connectivity index (χ2n) is 2.94. The molecule has 10 heavy (non-hydrogen) atoms. The highest BCUT2D eigenvalue weighted by Gasteiger charge is 2.13. The van der Waals surface area contributed by atoms with Crippen molar-refractivity contribution >= 4 is 0 Å². The van der Waals surface area contributed by atoms with E-state index in [9.17, 15) is 0 Å². The largest absolute Gasteiger partial charge is 0.393 e. The highest BCUT2D eigenvalue weighted by atomic mass is 16.3. The van der Waals surface area contributed by atoms with Crippen LogP contribution in [0.5, 0.6) is 0 Å². The van der Waals surface area contributed by atoms with Gasteiger partial charge in [-0.05, 0) is 13.3 Å². The Balaban J connectivity index is 2.13. The van der Waals surface area contributed by atoms with Crippen LogP contribution in [0.25, 0.3) is 0 Å². The van der Waals surface area contributed by atoms with Crippen molar-refractivity contribution < 1.29 is 5.11 Å². The summed E-state index contributed by atoms with van der Waals surface area (Å²) in [7, 11) is 0. The van der Waals surface area contributed by atoms with E-state index < -0.39 is 0 Å². The summed E-state index contributed by atoms with van der Waals surface area (Å²) in [5.41, 5.74) is 0. The van der Waals surface area contributed by atoms with Gasteiger partial charge in [-0.1, -0.05) is 0 Å². The lowest BCUT2D eigenvalue weighted by atomic mass is 10.1. The summed E-state index contributed by atoms with van der Waals surface area (Å²) in [6.45, 7) is 4.90. The second-order valence-corrected chi connectivity index (χ2v) is 2.94.